The molecule has 3 aromatic rings. The highest BCUT2D eigenvalue weighted by atomic mass is 32.1. The van der Waals surface area contributed by atoms with Gasteiger partial charge >= 0.3 is 0 Å². The van der Waals surface area contributed by atoms with Crippen LogP contribution in [0, 0.1) is 19.7 Å². The number of rotatable bonds is 8. The number of nitrogens with zero attached hydrogens (tertiary/aromatic N) is 2. The highest BCUT2D eigenvalue weighted by molar-refractivity contribution is 7.09. The molecule has 228 valence electrons. The third-order valence-electron chi connectivity index (χ3n) is 8.78. The van der Waals surface area contributed by atoms with Gasteiger partial charge in [0.15, 0.2) is 5.69 Å². The van der Waals surface area contributed by atoms with E-state index in [0.29, 0.717) is 11.3 Å². The predicted molar refractivity (Wildman–Crippen MR) is 168 cm³/mol. The lowest BCUT2D eigenvalue weighted by atomic mass is 9.94. The number of aryl methyl sites for hydroxylation is 1. The van der Waals surface area contributed by atoms with Gasteiger partial charge in [-0.05, 0) is 86.0 Å². The molecule has 0 radical (unpaired) electrons. The number of amides is 3. The fraction of sp³-hybridized carbons (Fsp3) is 0.455. The fourth-order valence-electron chi connectivity index (χ4n) is 6.18. The third kappa shape index (κ3) is 6.90. The van der Waals surface area contributed by atoms with Crippen LogP contribution in [0.4, 0.5) is 15.8 Å². The predicted octanol–water partition coefficient (Wildman–Crippen LogP) is 6.38. The number of hydrogen-bond acceptors (Lipinski definition) is 6. The maximum absolute atomic E-state index is 14.6. The second kappa shape index (κ2) is 13.7. The van der Waals surface area contributed by atoms with Gasteiger partial charge in [0.1, 0.15) is 16.7 Å². The van der Waals surface area contributed by atoms with Crippen molar-refractivity contribution in [2.45, 2.75) is 96.2 Å². The maximum atomic E-state index is 14.6. The quantitative estimate of drug-likeness (QED) is 0.275. The molecule has 2 aliphatic carbocycles. The van der Waals surface area contributed by atoms with Crippen LogP contribution in [0.2, 0.25) is 0 Å². The summed E-state index contributed by atoms with van der Waals surface area (Å²) in [5.74, 6) is -1.75. The third-order valence-corrected chi connectivity index (χ3v) is 9.63. The van der Waals surface area contributed by atoms with Crippen molar-refractivity contribution in [2.24, 2.45) is 0 Å². The van der Waals surface area contributed by atoms with E-state index in [1.54, 1.807) is 6.07 Å². The number of halogens is 1. The first-order valence-electron chi connectivity index (χ1n) is 15.3. The van der Waals surface area contributed by atoms with Gasteiger partial charge in [-0.1, -0.05) is 62.8 Å². The number of carbonyl (C=O) groups excluding carboxylic acids is 3. The standard InChI is InChI=1S/C33H40FN5O3S/c1-20-10-9-15-26(21(20)2)39(29(22-16-18-23(34)19-17-22)32(41)37-25-13-7-4-8-14-25)33(42)30-27(35)28(38-43-30)31(40)36-24-11-5-3-6-12-24/h9-10,15-19,24-25,29H,3-8,11-14,35H2,1-2H3,(H,36,40)(H,37,41)/t29-/m1/s1. The highest BCUT2D eigenvalue weighted by Crippen LogP contribution is 2.36. The minimum atomic E-state index is -1.11. The number of carbonyl (C=O) groups is 3. The summed E-state index contributed by atoms with van der Waals surface area (Å²) in [5, 5.41) is 6.20. The van der Waals surface area contributed by atoms with Gasteiger partial charge in [0.2, 0.25) is 5.91 Å². The molecule has 0 spiro atoms. The molecule has 8 nitrogen and oxygen atoms in total. The molecule has 4 N–H and O–H groups in total. The molecule has 1 atom stereocenters. The Hall–Kier alpha value is -3.79. The van der Waals surface area contributed by atoms with Crippen LogP contribution in [0.15, 0.2) is 42.5 Å². The van der Waals surface area contributed by atoms with Crippen LogP contribution in [-0.4, -0.2) is 34.2 Å². The molecule has 2 aromatic carbocycles. The minimum Gasteiger partial charge on any atom is -0.395 e. The molecule has 5 rings (SSSR count). The fourth-order valence-corrected chi connectivity index (χ4v) is 6.91. The second-order valence-corrected chi connectivity index (χ2v) is 12.5. The van der Waals surface area contributed by atoms with Crippen molar-refractivity contribution in [3.63, 3.8) is 0 Å². The summed E-state index contributed by atoms with van der Waals surface area (Å²) in [4.78, 5) is 43.4. The minimum absolute atomic E-state index is 0.0100. The highest BCUT2D eigenvalue weighted by Gasteiger charge is 2.38. The number of aromatic nitrogens is 1. The smallest absolute Gasteiger partial charge is 0.273 e. The van der Waals surface area contributed by atoms with E-state index in [9.17, 15) is 18.8 Å². The molecule has 43 heavy (non-hydrogen) atoms. The molecule has 0 unspecified atom stereocenters. The Morgan fingerprint density at radius 1 is 0.907 bits per heavy atom. The molecule has 1 heterocycles. The zero-order chi connectivity index (χ0) is 30.5. The number of nitrogen functional groups attached to an aromatic ring is 1. The van der Waals surface area contributed by atoms with Crippen molar-refractivity contribution in [1.29, 1.82) is 0 Å². The van der Waals surface area contributed by atoms with E-state index < -0.39 is 23.7 Å². The Balaban J connectivity index is 1.56. The molecule has 2 aliphatic rings. The van der Waals surface area contributed by atoms with Crippen molar-refractivity contribution < 1.29 is 18.8 Å². The number of nitrogens with one attached hydrogen (secondary N) is 2. The number of nitrogens with two attached hydrogens (primary N) is 1. The summed E-state index contributed by atoms with van der Waals surface area (Å²) >= 11 is 0.851. The lowest BCUT2D eigenvalue weighted by molar-refractivity contribution is -0.123. The van der Waals surface area contributed by atoms with Gasteiger partial charge in [-0.25, -0.2) is 4.39 Å². The number of benzene rings is 2. The molecule has 0 saturated heterocycles. The second-order valence-electron chi connectivity index (χ2n) is 11.8. The van der Waals surface area contributed by atoms with Gasteiger partial charge in [-0.3, -0.25) is 19.3 Å². The van der Waals surface area contributed by atoms with E-state index in [4.69, 9.17) is 5.73 Å². The van der Waals surface area contributed by atoms with Gasteiger partial charge < -0.3 is 16.4 Å². The molecule has 1 aromatic heterocycles. The Morgan fingerprint density at radius 3 is 2.14 bits per heavy atom. The summed E-state index contributed by atoms with van der Waals surface area (Å²) < 4.78 is 18.4. The average molecular weight is 606 g/mol. The Labute approximate surface area is 256 Å². The molecule has 2 fully saturated rings. The Kier molecular flexibility index (Phi) is 9.75. The van der Waals surface area contributed by atoms with Crippen molar-refractivity contribution in [3.8, 4) is 0 Å². The lowest BCUT2D eigenvalue weighted by Gasteiger charge is -2.34. The lowest BCUT2D eigenvalue weighted by Crippen LogP contribution is -2.47. The first-order chi connectivity index (χ1) is 20.7. The number of anilines is 2. The largest absolute Gasteiger partial charge is 0.395 e. The molecule has 0 bridgehead atoms. The summed E-state index contributed by atoms with van der Waals surface area (Å²) in [5.41, 5.74) is 9.21. The van der Waals surface area contributed by atoms with E-state index in [-0.39, 0.29) is 34.2 Å². The Bertz CT molecular complexity index is 1460. The SMILES string of the molecule is Cc1cccc(N(C(=O)c2snc(C(=O)NC3CCCCC3)c2N)[C@@H](C(=O)NC2CCCCC2)c2ccc(F)cc2)c1C. The molecule has 10 heteroatoms. The molecule has 2 saturated carbocycles. The number of hydrogen-bond donors (Lipinski definition) is 3. The topological polar surface area (TPSA) is 117 Å². The molecule has 0 aliphatic heterocycles. The monoisotopic (exact) mass is 605 g/mol. The van der Waals surface area contributed by atoms with E-state index in [1.807, 2.05) is 26.0 Å². The van der Waals surface area contributed by atoms with E-state index in [1.165, 1.54) is 29.2 Å². The summed E-state index contributed by atoms with van der Waals surface area (Å²) in [7, 11) is 0. The van der Waals surface area contributed by atoms with Crippen molar-refractivity contribution in [1.82, 2.24) is 15.0 Å². The van der Waals surface area contributed by atoms with Gasteiger partial charge in [0, 0.05) is 17.8 Å². The van der Waals surface area contributed by atoms with Crippen LogP contribution in [-0.2, 0) is 4.79 Å². The van der Waals surface area contributed by atoms with Crippen molar-refractivity contribution in [2.75, 3.05) is 10.6 Å². The van der Waals surface area contributed by atoms with E-state index in [0.717, 1.165) is 86.9 Å². The summed E-state index contributed by atoms with van der Waals surface area (Å²) in [6.07, 6.45) is 9.96. The summed E-state index contributed by atoms with van der Waals surface area (Å²) in [6.45, 7) is 3.83. The first-order valence-corrected chi connectivity index (χ1v) is 16.0. The van der Waals surface area contributed by atoms with Gasteiger partial charge in [0.25, 0.3) is 11.8 Å². The van der Waals surface area contributed by atoms with Crippen molar-refractivity contribution >= 4 is 40.6 Å². The van der Waals surface area contributed by atoms with Crippen LogP contribution in [0.25, 0.3) is 0 Å². The molecular weight excluding hydrogens is 565 g/mol. The van der Waals surface area contributed by atoms with Crippen LogP contribution < -0.4 is 21.3 Å². The van der Waals surface area contributed by atoms with E-state index >= 15 is 0 Å². The van der Waals surface area contributed by atoms with Crippen LogP contribution in [0.3, 0.4) is 0 Å². The van der Waals surface area contributed by atoms with Gasteiger partial charge in [-0.2, -0.15) is 4.37 Å². The van der Waals surface area contributed by atoms with Crippen molar-refractivity contribution in [3.05, 3.63) is 75.5 Å². The zero-order valence-corrected chi connectivity index (χ0v) is 25.6. The van der Waals surface area contributed by atoms with Crippen LogP contribution in [0.5, 0.6) is 0 Å². The van der Waals surface area contributed by atoms with Gasteiger partial charge in [0.05, 0.1) is 5.69 Å². The zero-order valence-electron chi connectivity index (χ0n) is 24.8. The normalized spacial score (nSPS) is 16.8. The molecule has 3 amide bonds. The Morgan fingerprint density at radius 2 is 1.51 bits per heavy atom. The first kappa shape index (κ1) is 30.7. The van der Waals surface area contributed by atoms with Crippen LogP contribution >= 0.6 is 11.5 Å². The maximum Gasteiger partial charge on any atom is 0.273 e. The molecular formula is C33H40FN5O3S. The summed E-state index contributed by atoms with van der Waals surface area (Å²) in [6, 6.07) is 10.1. The van der Waals surface area contributed by atoms with Gasteiger partial charge in [-0.15, -0.1) is 0 Å². The van der Waals surface area contributed by atoms with Crippen LogP contribution in [0.1, 0.15) is 107 Å². The van der Waals surface area contributed by atoms with E-state index in [2.05, 4.69) is 15.0 Å². The average Bonchev–Trinajstić information content (AvgIpc) is 3.40.